The molecule has 1 saturated carbocycles. The summed E-state index contributed by atoms with van der Waals surface area (Å²) >= 11 is 5.52. The van der Waals surface area contributed by atoms with E-state index >= 15 is 0 Å². The minimum Gasteiger partial charge on any atom is -0.310 e. The fourth-order valence-corrected chi connectivity index (χ4v) is 3.86. The summed E-state index contributed by atoms with van der Waals surface area (Å²) < 4.78 is 1.16. The zero-order valence-electron chi connectivity index (χ0n) is 12.2. The van der Waals surface area contributed by atoms with Crippen LogP contribution in [0, 0.1) is 6.92 Å². The minimum absolute atomic E-state index is 0.753. The molecule has 0 saturated heterocycles. The molecule has 0 amide bonds. The molecule has 1 aliphatic rings. The van der Waals surface area contributed by atoms with Crippen molar-refractivity contribution in [3.05, 3.63) is 63.6 Å². The van der Waals surface area contributed by atoms with Gasteiger partial charge in [0.2, 0.25) is 0 Å². The van der Waals surface area contributed by atoms with E-state index in [0.29, 0.717) is 0 Å². The predicted octanol–water partition coefficient (Wildman–Crippen LogP) is 5.30. The zero-order valence-corrected chi connectivity index (χ0v) is 14.6. The maximum absolute atomic E-state index is 3.61. The van der Waals surface area contributed by atoms with Crippen molar-refractivity contribution in [1.29, 1.82) is 0 Å². The number of aryl methyl sites for hydroxylation is 1. The standard InChI is InChI=1S/C18H20BrNS/c1-13-3-2-4-14(9-13)12-21-18-10-16(19)6-5-15(18)11-20-17-7-8-17/h2-6,9-10,17,20H,7-8,11-12H2,1H3. The molecule has 0 spiro atoms. The van der Waals surface area contributed by atoms with Crippen molar-refractivity contribution in [3.8, 4) is 0 Å². The van der Waals surface area contributed by atoms with Crippen LogP contribution in [-0.2, 0) is 12.3 Å². The molecule has 1 aliphatic carbocycles. The third-order valence-electron chi connectivity index (χ3n) is 3.66. The number of thioether (sulfide) groups is 1. The third-order valence-corrected chi connectivity index (χ3v) is 5.33. The molecule has 2 aromatic rings. The van der Waals surface area contributed by atoms with Crippen molar-refractivity contribution >= 4 is 27.7 Å². The molecule has 3 rings (SSSR count). The molecule has 110 valence electrons. The maximum Gasteiger partial charge on any atom is 0.0232 e. The highest BCUT2D eigenvalue weighted by Gasteiger charge is 2.20. The van der Waals surface area contributed by atoms with E-state index in [9.17, 15) is 0 Å². The molecule has 0 aliphatic heterocycles. The second-order valence-electron chi connectivity index (χ2n) is 5.68. The number of benzene rings is 2. The van der Waals surface area contributed by atoms with E-state index in [1.165, 1.54) is 34.4 Å². The lowest BCUT2D eigenvalue weighted by Gasteiger charge is -2.11. The highest BCUT2D eigenvalue weighted by molar-refractivity contribution is 9.10. The first-order chi connectivity index (χ1) is 10.2. The van der Waals surface area contributed by atoms with E-state index < -0.39 is 0 Å². The molecular weight excluding hydrogens is 342 g/mol. The summed E-state index contributed by atoms with van der Waals surface area (Å²) in [5.41, 5.74) is 4.13. The van der Waals surface area contributed by atoms with Crippen LogP contribution >= 0.6 is 27.7 Å². The molecule has 1 N–H and O–H groups in total. The van der Waals surface area contributed by atoms with E-state index in [0.717, 1.165) is 22.8 Å². The number of hydrogen-bond acceptors (Lipinski definition) is 2. The monoisotopic (exact) mass is 361 g/mol. The fraction of sp³-hybridized carbons (Fsp3) is 0.333. The summed E-state index contributed by atoms with van der Waals surface area (Å²) in [6.45, 7) is 3.13. The Balaban J connectivity index is 1.68. The molecule has 2 aromatic carbocycles. The molecule has 1 fully saturated rings. The first-order valence-electron chi connectivity index (χ1n) is 7.41. The minimum atomic E-state index is 0.753. The Morgan fingerprint density at radius 2 is 2.05 bits per heavy atom. The third kappa shape index (κ3) is 4.60. The summed E-state index contributed by atoms with van der Waals surface area (Å²) in [7, 11) is 0. The first-order valence-corrected chi connectivity index (χ1v) is 9.19. The van der Waals surface area contributed by atoms with Crippen LogP contribution in [0.3, 0.4) is 0 Å². The van der Waals surface area contributed by atoms with E-state index in [1.54, 1.807) is 0 Å². The lowest BCUT2D eigenvalue weighted by atomic mass is 10.2. The molecule has 0 bridgehead atoms. The lowest BCUT2D eigenvalue weighted by Crippen LogP contribution is -2.15. The van der Waals surface area contributed by atoms with Crippen LogP contribution in [-0.4, -0.2) is 6.04 Å². The molecule has 0 unspecified atom stereocenters. The normalized spacial score (nSPS) is 14.4. The van der Waals surface area contributed by atoms with Crippen molar-refractivity contribution in [1.82, 2.24) is 5.32 Å². The van der Waals surface area contributed by atoms with Gasteiger partial charge >= 0.3 is 0 Å². The van der Waals surface area contributed by atoms with Gasteiger partial charge in [0.25, 0.3) is 0 Å². The van der Waals surface area contributed by atoms with Crippen LogP contribution in [0.5, 0.6) is 0 Å². The van der Waals surface area contributed by atoms with E-state index in [1.807, 2.05) is 11.8 Å². The lowest BCUT2D eigenvalue weighted by molar-refractivity contribution is 0.680. The summed E-state index contributed by atoms with van der Waals surface area (Å²) in [4.78, 5) is 1.37. The molecule has 3 heteroatoms. The topological polar surface area (TPSA) is 12.0 Å². The van der Waals surface area contributed by atoms with Gasteiger partial charge in [-0.05, 0) is 43.0 Å². The fourth-order valence-electron chi connectivity index (χ4n) is 2.31. The van der Waals surface area contributed by atoms with Gasteiger partial charge in [-0.2, -0.15) is 0 Å². The Kier molecular flexibility index (Phi) is 5.04. The second kappa shape index (κ2) is 6.99. The van der Waals surface area contributed by atoms with E-state index in [2.05, 4.69) is 70.6 Å². The van der Waals surface area contributed by atoms with Gasteiger partial charge in [0, 0.05) is 27.7 Å². The Labute approximate surface area is 139 Å². The summed E-state index contributed by atoms with van der Waals surface area (Å²) in [6.07, 6.45) is 2.67. The summed E-state index contributed by atoms with van der Waals surface area (Å²) in [5, 5.41) is 3.61. The summed E-state index contributed by atoms with van der Waals surface area (Å²) in [6, 6.07) is 16.1. The second-order valence-corrected chi connectivity index (χ2v) is 7.62. The highest BCUT2D eigenvalue weighted by Crippen LogP contribution is 2.30. The van der Waals surface area contributed by atoms with Gasteiger partial charge in [0.05, 0.1) is 0 Å². The summed E-state index contributed by atoms with van der Waals surface area (Å²) in [5.74, 6) is 1.02. The van der Waals surface area contributed by atoms with Gasteiger partial charge in [0.1, 0.15) is 0 Å². The van der Waals surface area contributed by atoms with Crippen LogP contribution in [0.2, 0.25) is 0 Å². The van der Waals surface area contributed by atoms with Crippen LogP contribution < -0.4 is 5.32 Å². The average Bonchev–Trinajstić information content (AvgIpc) is 3.28. The van der Waals surface area contributed by atoms with E-state index in [-0.39, 0.29) is 0 Å². The van der Waals surface area contributed by atoms with Crippen LogP contribution in [0.25, 0.3) is 0 Å². The molecule has 0 aromatic heterocycles. The zero-order chi connectivity index (χ0) is 14.7. The van der Waals surface area contributed by atoms with Crippen LogP contribution in [0.4, 0.5) is 0 Å². The first kappa shape index (κ1) is 15.1. The van der Waals surface area contributed by atoms with Crippen LogP contribution in [0.15, 0.2) is 51.8 Å². The Hall–Kier alpha value is -0.770. The largest absolute Gasteiger partial charge is 0.310 e. The van der Waals surface area contributed by atoms with Gasteiger partial charge in [-0.25, -0.2) is 0 Å². The Bertz CT molecular complexity index is 622. The smallest absolute Gasteiger partial charge is 0.0232 e. The molecule has 0 radical (unpaired) electrons. The van der Waals surface area contributed by atoms with Gasteiger partial charge < -0.3 is 5.32 Å². The van der Waals surface area contributed by atoms with Gasteiger partial charge in [-0.15, -0.1) is 11.8 Å². The Morgan fingerprint density at radius 3 is 2.81 bits per heavy atom. The SMILES string of the molecule is Cc1cccc(CSc2cc(Br)ccc2CNC2CC2)c1. The van der Waals surface area contributed by atoms with Gasteiger partial charge in [-0.1, -0.05) is 51.8 Å². The van der Waals surface area contributed by atoms with Gasteiger partial charge in [0.15, 0.2) is 0 Å². The average molecular weight is 362 g/mol. The van der Waals surface area contributed by atoms with Crippen LogP contribution in [0.1, 0.15) is 29.5 Å². The molecule has 1 nitrogen and oxygen atoms in total. The van der Waals surface area contributed by atoms with Gasteiger partial charge in [-0.3, -0.25) is 0 Å². The molecule has 0 atom stereocenters. The number of hydrogen-bond donors (Lipinski definition) is 1. The quantitative estimate of drug-likeness (QED) is 0.700. The predicted molar refractivity (Wildman–Crippen MR) is 94.7 cm³/mol. The van der Waals surface area contributed by atoms with Crippen molar-refractivity contribution < 1.29 is 0 Å². The molecular formula is C18H20BrNS. The number of rotatable bonds is 6. The van der Waals surface area contributed by atoms with E-state index in [4.69, 9.17) is 0 Å². The van der Waals surface area contributed by atoms with Crippen molar-refractivity contribution in [2.75, 3.05) is 0 Å². The molecule has 21 heavy (non-hydrogen) atoms. The maximum atomic E-state index is 3.61. The number of nitrogens with one attached hydrogen (secondary N) is 1. The highest BCUT2D eigenvalue weighted by atomic mass is 79.9. The van der Waals surface area contributed by atoms with Crippen molar-refractivity contribution in [2.45, 2.75) is 43.0 Å². The molecule has 0 heterocycles. The van der Waals surface area contributed by atoms with Crippen molar-refractivity contribution in [3.63, 3.8) is 0 Å². The number of halogens is 1. The Morgan fingerprint density at radius 1 is 1.19 bits per heavy atom. The van der Waals surface area contributed by atoms with Crippen molar-refractivity contribution in [2.24, 2.45) is 0 Å².